The Kier molecular flexibility index (Phi) is 17.0. The maximum atomic E-state index is 13.4. The number of nitro groups is 2. The number of amides is 1. The second-order valence-electron chi connectivity index (χ2n) is 9.80. The monoisotopic (exact) mass is 638 g/mol. The molecule has 1 amide bonds. The molecule has 0 unspecified atom stereocenters. The summed E-state index contributed by atoms with van der Waals surface area (Å²) in [5, 5.41) is 21.2. The van der Waals surface area contributed by atoms with E-state index in [0.29, 0.717) is 38.3 Å². The second kappa shape index (κ2) is 18.7. The van der Waals surface area contributed by atoms with Crippen LogP contribution in [0.25, 0.3) is 0 Å². The van der Waals surface area contributed by atoms with Crippen molar-refractivity contribution >= 4 is 43.1 Å². The Balaban J connectivity index is 0.000000804. The van der Waals surface area contributed by atoms with Gasteiger partial charge in [-0.15, -0.1) is 13.2 Å². The first-order valence-corrected chi connectivity index (χ1v) is 14.5. The molecule has 3 rings (SSSR count). The average molecular weight is 638 g/mol. The smallest absolute Gasteiger partial charge is 0.410 e. The van der Waals surface area contributed by atoms with E-state index < -0.39 is 48.6 Å². The van der Waals surface area contributed by atoms with Crippen molar-refractivity contribution in [1.82, 2.24) is 9.80 Å². The van der Waals surface area contributed by atoms with Crippen LogP contribution in [0.1, 0.15) is 31.9 Å². The van der Waals surface area contributed by atoms with Gasteiger partial charge >= 0.3 is 17.5 Å². The summed E-state index contributed by atoms with van der Waals surface area (Å²) in [6.45, 7) is 13.9. The van der Waals surface area contributed by atoms with E-state index in [1.54, 1.807) is 11.0 Å². The van der Waals surface area contributed by atoms with E-state index >= 15 is 0 Å². The highest BCUT2D eigenvalue weighted by Gasteiger charge is 2.26. The first-order valence-electron chi connectivity index (χ1n) is 12.7. The quantitative estimate of drug-likeness (QED) is 0.142. The maximum Gasteiger partial charge on any atom is 0.410 e. The molecule has 4 radical (unpaired) electrons. The van der Waals surface area contributed by atoms with Crippen molar-refractivity contribution in [3.05, 3.63) is 92.5 Å². The number of carbonyl (C=O) groups is 1. The van der Waals surface area contributed by atoms with E-state index in [1.807, 2.05) is 20.8 Å². The van der Waals surface area contributed by atoms with E-state index in [9.17, 15) is 42.2 Å². The molecule has 1 aliphatic heterocycles. The fourth-order valence-electron chi connectivity index (χ4n) is 3.43. The van der Waals surface area contributed by atoms with Gasteiger partial charge in [0.25, 0.3) is 10.1 Å². The van der Waals surface area contributed by atoms with Gasteiger partial charge < -0.3 is 9.64 Å². The number of nitrogens with zero attached hydrogens (tertiary/aromatic N) is 4. The molecule has 0 atom stereocenters. The van der Waals surface area contributed by atoms with Gasteiger partial charge in [-0.1, -0.05) is 12.1 Å². The largest absolute Gasteiger partial charge is 0.444 e. The molecule has 0 spiro atoms. The Morgan fingerprint density at radius 1 is 0.932 bits per heavy atom. The van der Waals surface area contributed by atoms with Gasteiger partial charge in [0.1, 0.15) is 5.60 Å². The molecule has 0 aromatic heterocycles. The fourth-order valence-corrected chi connectivity index (χ4v) is 3.78. The summed E-state index contributed by atoms with van der Waals surface area (Å²) in [4.78, 5) is 35.3. The molecule has 1 aliphatic rings. The van der Waals surface area contributed by atoms with Crippen molar-refractivity contribution < 1.29 is 40.8 Å². The Morgan fingerprint density at radius 2 is 1.36 bits per heavy atom. The molecule has 2 aromatic rings. The molecule has 1 heterocycles. The Bertz CT molecular complexity index is 1370. The third-order valence-corrected chi connectivity index (χ3v) is 5.83. The number of nitro benzene ring substituents is 2. The zero-order valence-electron chi connectivity index (χ0n) is 24.9. The number of ether oxygens (including phenoxy) is 1. The minimum absolute atomic E-state index is 0.207. The molecule has 0 bridgehead atoms. The number of rotatable bonds is 7. The van der Waals surface area contributed by atoms with Crippen LogP contribution in [0.2, 0.25) is 0 Å². The molecule has 13 nitrogen and oxygen atoms in total. The van der Waals surface area contributed by atoms with Crippen LogP contribution in [0.15, 0.2) is 49.6 Å². The van der Waals surface area contributed by atoms with Crippen LogP contribution in [0, 0.1) is 31.9 Å². The van der Waals surface area contributed by atoms with Crippen LogP contribution in [0.4, 0.5) is 25.0 Å². The van der Waals surface area contributed by atoms with E-state index in [2.05, 4.69) is 37.7 Å². The Hall–Kier alpha value is -3.89. The first kappa shape index (κ1) is 40.1. The number of carbonyl (C=O) groups excluding carboxylic acids is 1. The number of piperazine rings is 1. The second-order valence-corrected chi connectivity index (χ2v) is 11.4. The number of hydrogen-bond donors (Lipinski definition) is 0. The molecule has 1 saturated heterocycles. The maximum absolute atomic E-state index is 13.4. The van der Waals surface area contributed by atoms with E-state index in [0.717, 1.165) is 24.5 Å². The van der Waals surface area contributed by atoms with Crippen LogP contribution in [0.5, 0.6) is 0 Å². The van der Waals surface area contributed by atoms with Crippen molar-refractivity contribution in [2.75, 3.05) is 32.4 Å². The van der Waals surface area contributed by atoms with Crippen molar-refractivity contribution in [3.63, 3.8) is 0 Å². The van der Waals surface area contributed by atoms with Gasteiger partial charge in [0.15, 0.2) is 0 Å². The predicted molar refractivity (Wildman–Crippen MR) is 162 cm³/mol. The molecule has 0 N–H and O–H groups in total. The Morgan fingerprint density at radius 3 is 1.77 bits per heavy atom. The summed E-state index contributed by atoms with van der Waals surface area (Å²) >= 11 is 0. The summed E-state index contributed by atoms with van der Waals surface area (Å²) in [5.41, 5.74) is -0.872. The van der Waals surface area contributed by atoms with Crippen LogP contribution in [-0.2, 0) is 32.2 Å². The molecule has 238 valence electrons. The average Bonchev–Trinajstić information content (AvgIpc) is 2.95. The van der Waals surface area contributed by atoms with Crippen LogP contribution < -0.4 is 0 Å². The van der Waals surface area contributed by atoms with Gasteiger partial charge in [0, 0.05) is 60.3 Å². The zero-order chi connectivity index (χ0) is 34.3. The van der Waals surface area contributed by atoms with Crippen molar-refractivity contribution in [1.29, 1.82) is 0 Å². The molecular weight excluding hydrogens is 604 g/mol. The van der Waals surface area contributed by atoms with Gasteiger partial charge in [0.05, 0.1) is 22.7 Å². The highest BCUT2D eigenvalue weighted by atomic mass is 32.2. The zero-order valence-corrected chi connectivity index (χ0v) is 25.7. The predicted octanol–water partition coefficient (Wildman–Crippen LogP) is 4.04. The van der Waals surface area contributed by atoms with Crippen molar-refractivity contribution in [3.8, 4) is 0 Å². The lowest BCUT2D eigenvalue weighted by molar-refractivity contribution is -0.387. The molecule has 2 aromatic carbocycles. The third-order valence-electron chi connectivity index (χ3n) is 5.28. The summed E-state index contributed by atoms with van der Waals surface area (Å²) in [7, 11) is 4.37. The summed E-state index contributed by atoms with van der Waals surface area (Å²) < 4.78 is 57.3. The molecule has 44 heavy (non-hydrogen) atoms. The highest BCUT2D eigenvalue weighted by molar-refractivity contribution is 7.85. The Labute approximate surface area is 258 Å². The molecule has 18 heteroatoms. The van der Waals surface area contributed by atoms with Crippen molar-refractivity contribution in [2.24, 2.45) is 0 Å². The van der Waals surface area contributed by atoms with E-state index in [4.69, 9.17) is 4.74 Å². The molecule has 0 saturated carbocycles. The number of halogens is 2. The first-order chi connectivity index (χ1) is 20.4. The van der Waals surface area contributed by atoms with Gasteiger partial charge in [-0.2, -0.15) is 17.2 Å². The van der Waals surface area contributed by atoms with Crippen LogP contribution in [-0.4, -0.2) is 87.7 Å². The van der Waals surface area contributed by atoms with Crippen molar-refractivity contribution in [2.45, 2.75) is 39.5 Å². The lowest BCUT2D eigenvalue weighted by atomic mass is 9.81. The molecule has 0 aliphatic carbocycles. The van der Waals surface area contributed by atoms with Gasteiger partial charge in [0.2, 0.25) is 11.6 Å². The van der Waals surface area contributed by atoms with E-state index in [-0.39, 0.29) is 18.3 Å². The van der Waals surface area contributed by atoms with Crippen LogP contribution in [0.3, 0.4) is 0 Å². The van der Waals surface area contributed by atoms with E-state index in [1.165, 1.54) is 12.1 Å². The van der Waals surface area contributed by atoms with Gasteiger partial charge in [-0.3, -0.25) is 29.3 Å². The van der Waals surface area contributed by atoms with Crippen LogP contribution >= 0.6 is 0 Å². The standard InChI is InChI=1S/C16H22FN3O4.C8H8FNO5S.C2H4.B2/c1-16(2,3)24-15(21)19-8-6-18(7-9-19)11-12-4-5-13(17)14(10-12)20(22)23;1-16(13,14)15-5-6-2-3-7(9)8(4-6)10(11)12;2*1-2/h4-5,10H,6-9,11H2,1-3H3;2-4H,5H2,1H3;1-2H2;. The normalized spacial score (nSPS) is 13.1. The lowest BCUT2D eigenvalue weighted by Crippen LogP contribution is -2.49. The topological polar surface area (TPSA) is 162 Å². The van der Waals surface area contributed by atoms with Gasteiger partial charge in [-0.05, 0) is 44.0 Å². The minimum atomic E-state index is -3.63. The molecule has 1 fully saturated rings. The number of benzene rings is 2. The summed E-state index contributed by atoms with van der Waals surface area (Å²) in [6.07, 6.45) is 0.518. The number of hydrogen-bond acceptors (Lipinski definition) is 10. The highest BCUT2D eigenvalue weighted by Crippen LogP contribution is 2.21. The minimum Gasteiger partial charge on any atom is -0.444 e. The summed E-state index contributed by atoms with van der Waals surface area (Å²) in [6, 6.07) is 6.95. The third kappa shape index (κ3) is 15.0. The fraction of sp³-hybridized carbons (Fsp3) is 0.423. The SMILES string of the molecule is C=C.CC(C)(C)OC(=O)N1CCN(Cc2ccc(F)c([N+](=O)[O-])c2)CC1.CS(=O)(=O)OCc1ccc(F)c([N+](=O)[O-])c1.[B][B]. The van der Waals surface area contributed by atoms with Gasteiger partial charge in [-0.25, -0.2) is 4.79 Å². The summed E-state index contributed by atoms with van der Waals surface area (Å²) in [5.74, 6) is -1.81. The lowest BCUT2D eigenvalue weighted by Gasteiger charge is -2.35. The molecular formula is C26H34B2F2N4O9S.